The normalized spacial score (nSPS) is 15.6. The first-order chi connectivity index (χ1) is 12.2. The highest BCUT2D eigenvalue weighted by atomic mass is 16.2. The average molecular weight is 342 g/mol. The van der Waals surface area contributed by atoms with Gasteiger partial charge in [-0.15, -0.1) is 0 Å². The first-order valence-corrected chi connectivity index (χ1v) is 8.92. The molecule has 0 bridgehead atoms. The van der Waals surface area contributed by atoms with Gasteiger partial charge in [-0.05, 0) is 43.9 Å². The number of nitrogens with one attached hydrogen (secondary N) is 2. The SMILES string of the molecule is CC(Cn1cccn1)NC(=O)NCc1ccc(N2CCCCC2)nc1. The third-order valence-corrected chi connectivity index (χ3v) is 4.34. The quantitative estimate of drug-likeness (QED) is 0.843. The first-order valence-electron chi connectivity index (χ1n) is 8.92. The van der Waals surface area contributed by atoms with Crippen LogP contribution in [0.25, 0.3) is 0 Å². The number of aromatic nitrogens is 3. The van der Waals surface area contributed by atoms with Gasteiger partial charge in [0, 0.05) is 44.3 Å². The lowest BCUT2D eigenvalue weighted by Gasteiger charge is -2.27. The standard InChI is InChI=1S/C18H26N6O/c1-15(14-24-11-5-8-21-24)22-18(25)20-13-16-6-7-17(19-12-16)23-9-3-2-4-10-23/h5-8,11-12,15H,2-4,9-10,13-14H2,1H3,(H2,20,22,25). The molecule has 1 saturated heterocycles. The highest BCUT2D eigenvalue weighted by Crippen LogP contribution is 2.17. The van der Waals surface area contributed by atoms with Crippen LogP contribution < -0.4 is 15.5 Å². The predicted molar refractivity (Wildman–Crippen MR) is 97.4 cm³/mol. The van der Waals surface area contributed by atoms with Crippen molar-refractivity contribution < 1.29 is 4.79 Å². The number of hydrogen-bond donors (Lipinski definition) is 2. The van der Waals surface area contributed by atoms with E-state index in [1.807, 2.05) is 37.5 Å². The number of piperidine rings is 1. The van der Waals surface area contributed by atoms with Crippen molar-refractivity contribution in [2.24, 2.45) is 0 Å². The highest BCUT2D eigenvalue weighted by molar-refractivity contribution is 5.74. The lowest BCUT2D eigenvalue weighted by molar-refractivity contribution is 0.235. The van der Waals surface area contributed by atoms with Gasteiger partial charge >= 0.3 is 6.03 Å². The minimum atomic E-state index is -0.181. The zero-order chi connectivity index (χ0) is 17.5. The highest BCUT2D eigenvalue weighted by Gasteiger charge is 2.12. The summed E-state index contributed by atoms with van der Waals surface area (Å²) in [6.07, 6.45) is 9.24. The van der Waals surface area contributed by atoms with Gasteiger partial charge in [0.05, 0.1) is 6.54 Å². The molecule has 3 heterocycles. The topological polar surface area (TPSA) is 75.1 Å². The van der Waals surface area contributed by atoms with E-state index in [2.05, 4.69) is 25.6 Å². The van der Waals surface area contributed by atoms with E-state index < -0.39 is 0 Å². The lowest BCUT2D eigenvalue weighted by atomic mass is 10.1. The van der Waals surface area contributed by atoms with Crippen LogP contribution >= 0.6 is 0 Å². The van der Waals surface area contributed by atoms with E-state index in [4.69, 9.17) is 0 Å². The number of rotatable bonds is 6. The Kier molecular flexibility index (Phi) is 5.87. The Labute approximate surface area is 148 Å². The van der Waals surface area contributed by atoms with Crippen molar-refractivity contribution in [3.8, 4) is 0 Å². The van der Waals surface area contributed by atoms with Crippen molar-refractivity contribution in [2.45, 2.75) is 45.3 Å². The van der Waals surface area contributed by atoms with Crippen LogP contribution in [0.4, 0.5) is 10.6 Å². The number of pyridine rings is 1. The zero-order valence-corrected chi connectivity index (χ0v) is 14.7. The van der Waals surface area contributed by atoms with E-state index in [1.165, 1.54) is 19.3 Å². The van der Waals surface area contributed by atoms with Gasteiger partial charge in [-0.3, -0.25) is 4.68 Å². The minimum absolute atomic E-state index is 0.000461. The smallest absolute Gasteiger partial charge is 0.315 e. The number of hydrogen-bond acceptors (Lipinski definition) is 4. The summed E-state index contributed by atoms with van der Waals surface area (Å²) in [6, 6.07) is 5.76. The van der Waals surface area contributed by atoms with Gasteiger partial charge in [0.25, 0.3) is 0 Å². The van der Waals surface area contributed by atoms with Gasteiger partial charge in [-0.2, -0.15) is 5.10 Å². The van der Waals surface area contributed by atoms with Gasteiger partial charge < -0.3 is 15.5 Å². The van der Waals surface area contributed by atoms with E-state index in [-0.39, 0.29) is 12.1 Å². The monoisotopic (exact) mass is 342 g/mol. The number of nitrogens with zero attached hydrogens (tertiary/aromatic N) is 4. The molecule has 0 aromatic carbocycles. The Balaban J connectivity index is 1.42. The fraction of sp³-hybridized carbons (Fsp3) is 0.500. The molecule has 25 heavy (non-hydrogen) atoms. The van der Waals surface area contributed by atoms with Gasteiger partial charge in [0.15, 0.2) is 0 Å². The largest absolute Gasteiger partial charge is 0.357 e. The zero-order valence-electron chi connectivity index (χ0n) is 14.7. The molecule has 134 valence electrons. The van der Waals surface area contributed by atoms with E-state index >= 15 is 0 Å². The molecule has 0 aliphatic carbocycles. The van der Waals surface area contributed by atoms with Crippen molar-refractivity contribution in [2.75, 3.05) is 18.0 Å². The number of anilines is 1. The molecule has 7 heteroatoms. The van der Waals surface area contributed by atoms with Crippen LogP contribution in [0.15, 0.2) is 36.8 Å². The number of amides is 2. The first kappa shape index (κ1) is 17.3. The Morgan fingerprint density at radius 1 is 1.28 bits per heavy atom. The van der Waals surface area contributed by atoms with Crippen LogP contribution in [0.2, 0.25) is 0 Å². The van der Waals surface area contributed by atoms with Crippen LogP contribution in [0.3, 0.4) is 0 Å². The fourth-order valence-electron chi connectivity index (χ4n) is 3.02. The Morgan fingerprint density at radius 3 is 2.80 bits per heavy atom. The maximum atomic E-state index is 12.0. The summed E-state index contributed by atoms with van der Waals surface area (Å²) >= 11 is 0. The minimum Gasteiger partial charge on any atom is -0.357 e. The summed E-state index contributed by atoms with van der Waals surface area (Å²) in [5.74, 6) is 1.03. The van der Waals surface area contributed by atoms with Crippen molar-refractivity contribution in [3.05, 3.63) is 42.4 Å². The van der Waals surface area contributed by atoms with Gasteiger partial charge in [-0.1, -0.05) is 6.07 Å². The van der Waals surface area contributed by atoms with Crippen LogP contribution in [-0.2, 0) is 13.1 Å². The van der Waals surface area contributed by atoms with E-state index in [1.54, 1.807) is 10.9 Å². The summed E-state index contributed by atoms with van der Waals surface area (Å²) in [4.78, 5) is 18.8. The molecule has 1 aliphatic heterocycles. The van der Waals surface area contributed by atoms with Crippen LogP contribution in [0.5, 0.6) is 0 Å². The Hall–Kier alpha value is -2.57. The molecule has 7 nitrogen and oxygen atoms in total. The average Bonchev–Trinajstić information content (AvgIpc) is 3.14. The number of carbonyl (C=O) groups is 1. The summed E-state index contributed by atoms with van der Waals surface area (Å²) in [5, 5.41) is 9.92. The number of urea groups is 1. The summed E-state index contributed by atoms with van der Waals surface area (Å²) in [6.45, 7) is 5.23. The third-order valence-electron chi connectivity index (χ3n) is 4.34. The molecule has 2 aromatic heterocycles. The molecule has 1 fully saturated rings. The summed E-state index contributed by atoms with van der Waals surface area (Å²) < 4.78 is 1.80. The second-order valence-electron chi connectivity index (χ2n) is 6.53. The molecular formula is C18H26N6O. The van der Waals surface area contributed by atoms with Crippen LogP contribution in [-0.4, -0.2) is 39.9 Å². The van der Waals surface area contributed by atoms with E-state index in [0.29, 0.717) is 13.1 Å². The molecule has 0 radical (unpaired) electrons. The maximum absolute atomic E-state index is 12.0. The molecule has 2 aromatic rings. The van der Waals surface area contributed by atoms with Crippen LogP contribution in [0, 0.1) is 0 Å². The van der Waals surface area contributed by atoms with Gasteiger partial charge in [0.1, 0.15) is 5.82 Å². The molecule has 1 aliphatic rings. The van der Waals surface area contributed by atoms with E-state index in [0.717, 1.165) is 24.5 Å². The molecule has 1 atom stereocenters. The van der Waals surface area contributed by atoms with Gasteiger partial charge in [0.2, 0.25) is 0 Å². The third kappa shape index (κ3) is 5.20. The molecule has 3 rings (SSSR count). The van der Waals surface area contributed by atoms with Gasteiger partial charge in [-0.25, -0.2) is 9.78 Å². The molecule has 0 spiro atoms. The summed E-state index contributed by atoms with van der Waals surface area (Å²) in [5.41, 5.74) is 0.996. The molecule has 2 N–H and O–H groups in total. The second kappa shape index (κ2) is 8.50. The predicted octanol–water partition coefficient (Wildman–Crippen LogP) is 2.16. The van der Waals surface area contributed by atoms with Crippen LogP contribution in [0.1, 0.15) is 31.7 Å². The maximum Gasteiger partial charge on any atom is 0.315 e. The van der Waals surface area contributed by atoms with E-state index in [9.17, 15) is 4.79 Å². The Morgan fingerprint density at radius 2 is 2.12 bits per heavy atom. The Bertz CT molecular complexity index is 649. The number of carbonyl (C=O) groups excluding carboxylic acids is 1. The fourth-order valence-corrected chi connectivity index (χ4v) is 3.02. The van der Waals surface area contributed by atoms with Crippen molar-refractivity contribution in [3.63, 3.8) is 0 Å². The summed E-state index contributed by atoms with van der Waals surface area (Å²) in [7, 11) is 0. The molecule has 2 amide bonds. The van der Waals surface area contributed by atoms with Crippen molar-refractivity contribution in [1.29, 1.82) is 0 Å². The van der Waals surface area contributed by atoms with Crippen molar-refractivity contribution in [1.82, 2.24) is 25.4 Å². The lowest BCUT2D eigenvalue weighted by Crippen LogP contribution is -2.42. The molecular weight excluding hydrogens is 316 g/mol. The molecule has 0 saturated carbocycles. The molecule has 1 unspecified atom stereocenters. The second-order valence-corrected chi connectivity index (χ2v) is 6.53. The van der Waals surface area contributed by atoms with Crippen molar-refractivity contribution >= 4 is 11.8 Å².